The summed E-state index contributed by atoms with van der Waals surface area (Å²) >= 11 is 0. The number of rotatable bonds is 7. The first-order valence-electron chi connectivity index (χ1n) is 8.42. The van der Waals surface area contributed by atoms with E-state index in [1.165, 1.54) is 7.11 Å². The molecule has 1 saturated heterocycles. The van der Waals surface area contributed by atoms with Crippen LogP contribution in [0.4, 0.5) is 0 Å². The Morgan fingerprint density at radius 3 is 2.56 bits per heavy atom. The van der Waals surface area contributed by atoms with Gasteiger partial charge in [-0.05, 0) is 37.0 Å². The van der Waals surface area contributed by atoms with Crippen molar-refractivity contribution in [2.45, 2.75) is 44.9 Å². The number of ether oxygens (including phenoxy) is 2. The van der Waals surface area contributed by atoms with Crippen molar-refractivity contribution >= 4 is 17.8 Å². The average Bonchev–Trinajstić information content (AvgIpc) is 3.18. The summed E-state index contributed by atoms with van der Waals surface area (Å²) < 4.78 is 9.98. The fourth-order valence-electron chi connectivity index (χ4n) is 2.57. The lowest BCUT2D eigenvalue weighted by molar-refractivity contribution is -0.143. The highest BCUT2D eigenvalue weighted by Crippen LogP contribution is 2.12. The fraction of sp³-hybridized carbons (Fsp3) is 0.500. The maximum Gasteiger partial charge on any atom is 0.328 e. The van der Waals surface area contributed by atoms with E-state index in [0.717, 1.165) is 18.4 Å². The predicted octanol–water partition coefficient (Wildman–Crippen LogP) is 1.16. The SMILES string of the molecule is CCC(NC(=O)c1ccc(CNC(=O)C2CCCO2)cc1)C(=O)OC. The van der Waals surface area contributed by atoms with Crippen molar-refractivity contribution in [1.29, 1.82) is 0 Å². The van der Waals surface area contributed by atoms with Crippen LogP contribution in [0, 0.1) is 0 Å². The van der Waals surface area contributed by atoms with Crippen molar-refractivity contribution in [3.05, 3.63) is 35.4 Å². The molecule has 0 bridgehead atoms. The van der Waals surface area contributed by atoms with Gasteiger partial charge in [-0.3, -0.25) is 9.59 Å². The maximum atomic E-state index is 12.2. The van der Waals surface area contributed by atoms with Crippen LogP contribution in [0.2, 0.25) is 0 Å². The molecular formula is C18H24N2O5. The third kappa shape index (κ3) is 5.29. The molecule has 1 aromatic rings. The van der Waals surface area contributed by atoms with Crippen molar-refractivity contribution in [3.8, 4) is 0 Å². The van der Waals surface area contributed by atoms with Crippen molar-refractivity contribution in [3.63, 3.8) is 0 Å². The number of esters is 1. The number of carbonyl (C=O) groups excluding carboxylic acids is 3. The molecule has 25 heavy (non-hydrogen) atoms. The summed E-state index contributed by atoms with van der Waals surface area (Å²) in [6.45, 7) is 2.80. The minimum Gasteiger partial charge on any atom is -0.467 e. The number of nitrogens with one attached hydrogen (secondary N) is 2. The molecule has 0 aromatic heterocycles. The van der Waals surface area contributed by atoms with Gasteiger partial charge in [-0.1, -0.05) is 19.1 Å². The van der Waals surface area contributed by atoms with E-state index in [0.29, 0.717) is 25.1 Å². The summed E-state index contributed by atoms with van der Waals surface area (Å²) in [5.41, 5.74) is 1.32. The van der Waals surface area contributed by atoms with Crippen molar-refractivity contribution in [2.75, 3.05) is 13.7 Å². The smallest absolute Gasteiger partial charge is 0.328 e. The molecule has 0 aliphatic carbocycles. The van der Waals surface area contributed by atoms with Crippen LogP contribution in [-0.4, -0.2) is 43.6 Å². The van der Waals surface area contributed by atoms with Gasteiger partial charge < -0.3 is 20.1 Å². The van der Waals surface area contributed by atoms with Gasteiger partial charge in [0.15, 0.2) is 0 Å². The van der Waals surface area contributed by atoms with Gasteiger partial charge in [0.2, 0.25) is 5.91 Å². The average molecular weight is 348 g/mol. The molecule has 1 aliphatic rings. The normalized spacial score (nSPS) is 17.6. The first-order chi connectivity index (χ1) is 12.0. The van der Waals surface area contributed by atoms with E-state index in [1.807, 2.05) is 0 Å². The Balaban J connectivity index is 1.87. The Kier molecular flexibility index (Phi) is 6.94. The standard InChI is InChI=1S/C18H24N2O5/c1-3-14(18(23)24-2)20-16(21)13-8-6-12(7-9-13)11-19-17(22)15-5-4-10-25-15/h6-9,14-15H,3-5,10-11H2,1-2H3,(H,19,22)(H,20,21). The van der Waals surface area contributed by atoms with Crippen LogP contribution in [0.3, 0.4) is 0 Å². The molecule has 1 aliphatic heterocycles. The highest BCUT2D eigenvalue weighted by atomic mass is 16.5. The largest absolute Gasteiger partial charge is 0.467 e. The third-order valence-corrected chi connectivity index (χ3v) is 4.10. The maximum absolute atomic E-state index is 12.2. The zero-order valence-electron chi connectivity index (χ0n) is 14.5. The molecule has 136 valence electrons. The van der Waals surface area contributed by atoms with Crippen molar-refractivity contribution in [2.24, 2.45) is 0 Å². The molecule has 0 saturated carbocycles. The molecular weight excluding hydrogens is 324 g/mol. The van der Waals surface area contributed by atoms with Crippen LogP contribution in [-0.2, 0) is 25.6 Å². The lowest BCUT2D eigenvalue weighted by Crippen LogP contribution is -2.41. The van der Waals surface area contributed by atoms with E-state index in [-0.39, 0.29) is 17.9 Å². The Bertz CT molecular complexity index is 608. The number of methoxy groups -OCH3 is 1. The molecule has 7 nitrogen and oxygen atoms in total. The van der Waals surface area contributed by atoms with Crippen LogP contribution in [0.5, 0.6) is 0 Å². The summed E-state index contributed by atoms with van der Waals surface area (Å²) in [6.07, 6.45) is 1.76. The van der Waals surface area contributed by atoms with Crippen LogP contribution < -0.4 is 10.6 Å². The van der Waals surface area contributed by atoms with E-state index in [4.69, 9.17) is 4.74 Å². The molecule has 1 aromatic carbocycles. The van der Waals surface area contributed by atoms with Crippen LogP contribution in [0.15, 0.2) is 24.3 Å². The highest BCUT2D eigenvalue weighted by Gasteiger charge is 2.23. The first kappa shape index (κ1) is 18.9. The molecule has 2 rings (SSSR count). The molecule has 2 atom stereocenters. The van der Waals surface area contributed by atoms with Crippen LogP contribution in [0.25, 0.3) is 0 Å². The molecule has 0 spiro atoms. The Labute approximate surface area is 147 Å². The van der Waals surface area contributed by atoms with Gasteiger partial charge in [-0.15, -0.1) is 0 Å². The van der Waals surface area contributed by atoms with Crippen LogP contribution >= 0.6 is 0 Å². The van der Waals surface area contributed by atoms with Gasteiger partial charge in [0.25, 0.3) is 5.91 Å². The molecule has 1 fully saturated rings. The second-order valence-electron chi connectivity index (χ2n) is 5.87. The minimum atomic E-state index is -0.664. The van der Waals surface area contributed by atoms with E-state index < -0.39 is 12.0 Å². The molecule has 2 amide bonds. The van der Waals surface area contributed by atoms with Gasteiger partial charge in [0.05, 0.1) is 7.11 Å². The molecule has 0 radical (unpaired) electrons. The Hall–Kier alpha value is -2.41. The van der Waals surface area contributed by atoms with Crippen molar-refractivity contribution in [1.82, 2.24) is 10.6 Å². The summed E-state index contributed by atoms with van der Waals surface area (Å²) in [5.74, 6) is -0.917. The second-order valence-corrected chi connectivity index (χ2v) is 5.87. The van der Waals surface area contributed by atoms with Gasteiger partial charge in [-0.25, -0.2) is 4.79 Å². The monoisotopic (exact) mass is 348 g/mol. The first-order valence-corrected chi connectivity index (χ1v) is 8.42. The predicted molar refractivity (Wildman–Crippen MR) is 90.8 cm³/mol. The van der Waals surface area contributed by atoms with E-state index >= 15 is 0 Å². The lowest BCUT2D eigenvalue weighted by atomic mass is 10.1. The molecule has 7 heteroatoms. The fourth-order valence-corrected chi connectivity index (χ4v) is 2.57. The zero-order valence-corrected chi connectivity index (χ0v) is 14.5. The third-order valence-electron chi connectivity index (χ3n) is 4.10. The summed E-state index contributed by atoms with van der Waals surface area (Å²) in [6, 6.07) is 6.19. The van der Waals surface area contributed by atoms with Gasteiger partial charge in [0.1, 0.15) is 12.1 Å². The Morgan fingerprint density at radius 1 is 1.28 bits per heavy atom. The minimum absolute atomic E-state index is 0.108. The van der Waals surface area contributed by atoms with Gasteiger partial charge in [0, 0.05) is 18.7 Å². The summed E-state index contributed by atoms with van der Waals surface area (Å²) in [7, 11) is 1.29. The van der Waals surface area contributed by atoms with Crippen molar-refractivity contribution < 1.29 is 23.9 Å². The summed E-state index contributed by atoms with van der Waals surface area (Å²) in [4.78, 5) is 35.6. The molecule has 2 unspecified atom stereocenters. The number of carbonyl (C=O) groups is 3. The topological polar surface area (TPSA) is 93.7 Å². The Morgan fingerprint density at radius 2 is 2.00 bits per heavy atom. The van der Waals surface area contributed by atoms with E-state index in [9.17, 15) is 14.4 Å². The number of amides is 2. The highest BCUT2D eigenvalue weighted by molar-refractivity contribution is 5.96. The van der Waals surface area contributed by atoms with Gasteiger partial charge >= 0.3 is 5.97 Å². The molecule has 1 heterocycles. The number of benzene rings is 1. The quantitative estimate of drug-likeness (QED) is 0.721. The van der Waals surface area contributed by atoms with E-state index in [2.05, 4.69) is 15.4 Å². The van der Waals surface area contributed by atoms with E-state index in [1.54, 1.807) is 31.2 Å². The number of hydrogen-bond donors (Lipinski definition) is 2. The second kappa shape index (κ2) is 9.17. The van der Waals surface area contributed by atoms with Crippen LogP contribution in [0.1, 0.15) is 42.1 Å². The summed E-state index contributed by atoms with van der Waals surface area (Å²) in [5, 5.41) is 5.47. The number of hydrogen-bond acceptors (Lipinski definition) is 5. The molecule has 2 N–H and O–H groups in total. The zero-order chi connectivity index (χ0) is 18.2. The van der Waals surface area contributed by atoms with Gasteiger partial charge in [-0.2, -0.15) is 0 Å². The lowest BCUT2D eigenvalue weighted by Gasteiger charge is -2.14.